The molecule has 4 heterocycles. The number of nitrogens with one attached hydrogen (secondary N) is 3. The van der Waals surface area contributed by atoms with Crippen molar-refractivity contribution in [2.24, 2.45) is 5.92 Å². The number of anilines is 3. The Bertz CT molecular complexity index is 2260. The molecular weight excluding hydrogens is 733 g/mol. The first-order valence-electron chi connectivity index (χ1n) is 19.2. The van der Waals surface area contributed by atoms with Crippen molar-refractivity contribution in [3.05, 3.63) is 87.8 Å². The third kappa shape index (κ3) is 7.79. The molecule has 1 atom stereocenters. The Morgan fingerprint density at radius 1 is 0.929 bits per heavy atom. The number of rotatable bonds is 14. The molecule has 0 bridgehead atoms. The highest BCUT2D eigenvalue weighted by atomic mass is 32.1. The standard InChI is InChI=1S/C42H42N6O7S/c1-24-37(28-10-13-33-27(22-28)16-18-47(33)39(52)26-8-9-26)46-42(56-24)45-36(50)21-25-6-5-7-30(20-25)55-19-4-2-3-17-43-29-11-12-31-32(23-29)41(54)48(40(31)53)34-14-15-35(49)44-38(34)51/h5-7,10-13,20,22-23,26,34,43H,2-4,8-9,14-19,21H2,1H3,(H,44,49,51)(H,45,46,50). The van der Waals surface area contributed by atoms with Crippen molar-refractivity contribution in [1.29, 1.82) is 0 Å². The molecule has 3 aromatic carbocycles. The lowest BCUT2D eigenvalue weighted by molar-refractivity contribution is -0.136. The molecule has 4 aliphatic rings. The quantitative estimate of drug-likeness (QED) is 0.108. The van der Waals surface area contributed by atoms with Gasteiger partial charge in [0.25, 0.3) is 11.8 Å². The number of benzene rings is 3. The van der Waals surface area contributed by atoms with Crippen molar-refractivity contribution in [3.63, 3.8) is 0 Å². The second-order valence-corrected chi connectivity index (χ2v) is 15.9. The van der Waals surface area contributed by atoms with E-state index in [9.17, 15) is 28.8 Å². The molecule has 288 valence electrons. The first-order chi connectivity index (χ1) is 27.1. The van der Waals surface area contributed by atoms with Gasteiger partial charge in [-0.15, -0.1) is 11.3 Å². The number of carbonyl (C=O) groups is 6. The van der Waals surface area contributed by atoms with E-state index in [1.54, 1.807) is 18.2 Å². The van der Waals surface area contributed by atoms with Gasteiger partial charge in [-0.2, -0.15) is 0 Å². The topological polar surface area (TPSA) is 167 Å². The van der Waals surface area contributed by atoms with Crippen LogP contribution in [0.25, 0.3) is 11.3 Å². The first kappa shape index (κ1) is 37.1. The molecule has 1 saturated heterocycles. The Morgan fingerprint density at radius 2 is 1.77 bits per heavy atom. The molecule has 1 aromatic heterocycles. The number of hydrogen-bond acceptors (Lipinski definition) is 10. The monoisotopic (exact) mass is 774 g/mol. The average molecular weight is 775 g/mol. The Kier molecular flexibility index (Phi) is 10.4. The molecular formula is C42H42N6O7S. The van der Waals surface area contributed by atoms with E-state index in [0.717, 1.165) is 82.9 Å². The molecule has 0 radical (unpaired) electrons. The van der Waals surface area contributed by atoms with Crippen molar-refractivity contribution >= 4 is 63.3 Å². The van der Waals surface area contributed by atoms with E-state index in [2.05, 4.69) is 22.0 Å². The minimum Gasteiger partial charge on any atom is -0.494 e. The maximum absolute atomic E-state index is 13.1. The number of carbonyl (C=O) groups excluding carboxylic acids is 6. The van der Waals surface area contributed by atoms with Gasteiger partial charge in [0.2, 0.25) is 23.6 Å². The van der Waals surface area contributed by atoms with Crippen LogP contribution in [0, 0.1) is 12.8 Å². The molecule has 6 amide bonds. The smallest absolute Gasteiger partial charge is 0.262 e. The summed E-state index contributed by atoms with van der Waals surface area (Å²) in [6.07, 6.45) is 5.74. The summed E-state index contributed by atoms with van der Waals surface area (Å²) in [5.74, 6) is -1.13. The summed E-state index contributed by atoms with van der Waals surface area (Å²) in [7, 11) is 0. The fourth-order valence-corrected chi connectivity index (χ4v) is 8.40. The third-order valence-electron chi connectivity index (χ3n) is 10.6. The van der Waals surface area contributed by atoms with Gasteiger partial charge in [-0.25, -0.2) is 4.98 Å². The zero-order chi connectivity index (χ0) is 38.9. The Labute approximate surface area is 327 Å². The van der Waals surface area contributed by atoms with Gasteiger partial charge in [-0.3, -0.25) is 39.0 Å². The second-order valence-electron chi connectivity index (χ2n) is 14.7. The van der Waals surface area contributed by atoms with E-state index in [1.807, 2.05) is 48.2 Å². The Balaban J connectivity index is 0.762. The molecule has 0 spiro atoms. The zero-order valence-electron chi connectivity index (χ0n) is 31.0. The predicted octanol–water partition coefficient (Wildman–Crippen LogP) is 5.66. The van der Waals surface area contributed by atoms with Crippen LogP contribution < -0.4 is 25.6 Å². The van der Waals surface area contributed by atoms with Gasteiger partial charge < -0.3 is 20.3 Å². The number of imide groups is 2. The van der Waals surface area contributed by atoms with Gasteiger partial charge in [-0.05, 0) is 105 Å². The third-order valence-corrected chi connectivity index (χ3v) is 11.5. The summed E-state index contributed by atoms with van der Waals surface area (Å²) in [5.41, 5.74) is 6.00. The van der Waals surface area contributed by atoms with Gasteiger partial charge in [0, 0.05) is 47.2 Å². The van der Waals surface area contributed by atoms with Crippen molar-refractivity contribution in [2.45, 2.75) is 70.8 Å². The Hall–Kier alpha value is -5.89. The van der Waals surface area contributed by atoms with Crippen LogP contribution in [0.4, 0.5) is 16.5 Å². The maximum Gasteiger partial charge on any atom is 0.262 e. The highest BCUT2D eigenvalue weighted by molar-refractivity contribution is 7.16. The second kappa shape index (κ2) is 15.7. The molecule has 3 N–H and O–H groups in total. The molecule has 1 saturated carbocycles. The number of unbranched alkanes of at least 4 members (excludes halogenated alkanes) is 2. The molecule has 3 aliphatic heterocycles. The summed E-state index contributed by atoms with van der Waals surface area (Å²) in [6.45, 7) is 3.89. The lowest BCUT2D eigenvalue weighted by atomic mass is 10.0. The van der Waals surface area contributed by atoms with E-state index < -0.39 is 29.7 Å². The summed E-state index contributed by atoms with van der Waals surface area (Å²) in [4.78, 5) is 84.2. The number of amides is 6. The minimum atomic E-state index is -0.991. The van der Waals surface area contributed by atoms with E-state index in [4.69, 9.17) is 9.72 Å². The zero-order valence-corrected chi connectivity index (χ0v) is 31.8. The summed E-state index contributed by atoms with van der Waals surface area (Å²) in [6, 6.07) is 17.7. The van der Waals surface area contributed by atoms with Crippen LogP contribution in [0.2, 0.25) is 0 Å². The van der Waals surface area contributed by atoms with Crippen LogP contribution in [-0.4, -0.2) is 71.1 Å². The van der Waals surface area contributed by atoms with Crippen LogP contribution in [0.15, 0.2) is 60.7 Å². The number of aryl methyl sites for hydroxylation is 1. The van der Waals surface area contributed by atoms with E-state index in [1.165, 1.54) is 11.3 Å². The largest absolute Gasteiger partial charge is 0.494 e. The summed E-state index contributed by atoms with van der Waals surface area (Å²) < 4.78 is 5.99. The number of nitrogens with zero attached hydrogens (tertiary/aromatic N) is 3. The molecule has 13 nitrogen and oxygen atoms in total. The molecule has 8 rings (SSSR count). The van der Waals surface area contributed by atoms with Gasteiger partial charge in [0.15, 0.2) is 5.13 Å². The molecule has 1 aliphatic carbocycles. The average Bonchev–Trinajstić information content (AvgIpc) is 3.78. The molecule has 56 heavy (non-hydrogen) atoms. The lowest BCUT2D eigenvalue weighted by Crippen LogP contribution is -2.54. The normalized spacial score (nSPS) is 17.5. The van der Waals surface area contributed by atoms with Crippen molar-refractivity contribution in [2.75, 3.05) is 35.2 Å². The van der Waals surface area contributed by atoms with Crippen LogP contribution in [0.1, 0.15) is 81.7 Å². The number of aromatic nitrogens is 1. The number of thiazole rings is 1. The number of fused-ring (bicyclic) bond motifs is 2. The van der Waals surface area contributed by atoms with E-state index >= 15 is 0 Å². The molecule has 1 unspecified atom stereocenters. The van der Waals surface area contributed by atoms with Gasteiger partial charge in [-0.1, -0.05) is 18.2 Å². The van der Waals surface area contributed by atoms with Crippen LogP contribution >= 0.6 is 11.3 Å². The fraction of sp³-hybridized carbons (Fsp3) is 0.357. The highest BCUT2D eigenvalue weighted by Gasteiger charge is 2.44. The number of ether oxygens (including phenoxy) is 1. The summed E-state index contributed by atoms with van der Waals surface area (Å²) in [5, 5.41) is 9.02. The molecule has 2 fully saturated rings. The van der Waals surface area contributed by atoms with Gasteiger partial charge in [0.05, 0.1) is 29.8 Å². The van der Waals surface area contributed by atoms with Crippen LogP contribution in [-0.2, 0) is 32.0 Å². The predicted molar refractivity (Wildman–Crippen MR) is 211 cm³/mol. The lowest BCUT2D eigenvalue weighted by Gasteiger charge is -2.27. The van der Waals surface area contributed by atoms with Gasteiger partial charge in [0.1, 0.15) is 11.8 Å². The van der Waals surface area contributed by atoms with Crippen molar-refractivity contribution in [1.82, 2.24) is 15.2 Å². The SMILES string of the molecule is Cc1sc(NC(=O)Cc2cccc(OCCCCCNc3ccc4c(c3)C(=O)N(C3CCC(=O)NC3=O)C4=O)c2)nc1-c1ccc2c(c1)CCN2C(=O)C1CC1. The van der Waals surface area contributed by atoms with E-state index in [-0.39, 0.29) is 48.1 Å². The van der Waals surface area contributed by atoms with Crippen LogP contribution in [0.3, 0.4) is 0 Å². The highest BCUT2D eigenvalue weighted by Crippen LogP contribution is 2.39. The van der Waals surface area contributed by atoms with Crippen molar-refractivity contribution in [3.8, 4) is 17.0 Å². The van der Waals surface area contributed by atoms with Crippen LogP contribution in [0.5, 0.6) is 5.75 Å². The maximum atomic E-state index is 13.1. The Morgan fingerprint density at radius 3 is 2.59 bits per heavy atom. The van der Waals surface area contributed by atoms with Gasteiger partial charge >= 0.3 is 0 Å². The fourth-order valence-electron chi connectivity index (χ4n) is 7.55. The first-order valence-corrected chi connectivity index (χ1v) is 20.0. The number of hydrogen-bond donors (Lipinski definition) is 3. The number of piperidine rings is 1. The molecule has 14 heteroatoms. The molecule has 4 aromatic rings. The minimum absolute atomic E-state index is 0.0757. The summed E-state index contributed by atoms with van der Waals surface area (Å²) >= 11 is 1.44. The van der Waals surface area contributed by atoms with E-state index in [0.29, 0.717) is 29.7 Å². The van der Waals surface area contributed by atoms with Crippen molar-refractivity contribution < 1.29 is 33.5 Å².